The Morgan fingerprint density at radius 1 is 1.19 bits per heavy atom. The summed E-state index contributed by atoms with van der Waals surface area (Å²) in [5.74, 6) is 0.879. The average molecular weight is 379 g/mol. The average Bonchev–Trinajstić information content (AvgIpc) is 2.65. The molecule has 5 heteroatoms. The van der Waals surface area contributed by atoms with Crippen molar-refractivity contribution in [3.8, 4) is 0 Å². The van der Waals surface area contributed by atoms with E-state index in [0.717, 1.165) is 24.3 Å². The van der Waals surface area contributed by atoms with Crippen molar-refractivity contribution in [2.75, 3.05) is 12.9 Å². The first-order chi connectivity index (χ1) is 12.5. The summed E-state index contributed by atoms with van der Waals surface area (Å²) in [6, 6.07) is 2.41. The molecule has 1 fully saturated rings. The van der Waals surface area contributed by atoms with Gasteiger partial charge in [0, 0.05) is 17.3 Å². The molecule has 4 nitrogen and oxygen atoms in total. The summed E-state index contributed by atoms with van der Waals surface area (Å²) < 4.78 is 11.9. The van der Waals surface area contributed by atoms with Crippen LogP contribution in [0.3, 0.4) is 0 Å². The fourth-order valence-electron chi connectivity index (χ4n) is 4.73. The Morgan fingerprint density at radius 2 is 1.92 bits per heavy atom. The lowest BCUT2D eigenvalue weighted by atomic mass is 9.86. The van der Waals surface area contributed by atoms with Gasteiger partial charge in [0.1, 0.15) is 0 Å². The van der Waals surface area contributed by atoms with Crippen LogP contribution in [0, 0.1) is 19.8 Å². The lowest BCUT2D eigenvalue weighted by molar-refractivity contribution is -0.00683. The standard InChI is InChI=1S/C21H34N2O2S/c1-5-16-6-8-17(9-7-16)25-13-20-18(22-26-4)10-11-19-14(2)12-15(3)21(24)23(19)20/h12,16-18,20,22H,5-11,13H2,1-4H3. The van der Waals surface area contributed by atoms with Crippen LogP contribution < -0.4 is 10.3 Å². The summed E-state index contributed by atoms with van der Waals surface area (Å²) >= 11 is 1.64. The van der Waals surface area contributed by atoms with Gasteiger partial charge in [0.2, 0.25) is 0 Å². The Labute approximate surface area is 162 Å². The number of pyridine rings is 1. The number of rotatable bonds is 6. The van der Waals surface area contributed by atoms with E-state index in [9.17, 15) is 4.79 Å². The summed E-state index contributed by atoms with van der Waals surface area (Å²) in [5, 5.41) is 0. The third-order valence-electron chi connectivity index (χ3n) is 6.37. The number of hydrogen-bond donors (Lipinski definition) is 1. The smallest absolute Gasteiger partial charge is 0.254 e. The van der Waals surface area contributed by atoms with Crippen LogP contribution in [0.25, 0.3) is 0 Å². The van der Waals surface area contributed by atoms with Crippen molar-refractivity contribution in [2.45, 2.75) is 83.9 Å². The summed E-state index contributed by atoms with van der Waals surface area (Å²) in [5.41, 5.74) is 3.42. The van der Waals surface area contributed by atoms with Gasteiger partial charge >= 0.3 is 0 Å². The second kappa shape index (κ2) is 8.94. The monoisotopic (exact) mass is 378 g/mol. The molecule has 2 atom stereocenters. The molecule has 1 aliphatic heterocycles. The fourth-order valence-corrected chi connectivity index (χ4v) is 5.30. The highest BCUT2D eigenvalue weighted by molar-refractivity contribution is 7.96. The third kappa shape index (κ3) is 4.20. The zero-order valence-corrected chi connectivity index (χ0v) is 17.5. The lowest BCUT2D eigenvalue weighted by Crippen LogP contribution is -2.47. The van der Waals surface area contributed by atoms with Gasteiger partial charge < -0.3 is 9.30 Å². The first-order valence-corrected chi connectivity index (χ1v) is 11.4. The third-order valence-corrected chi connectivity index (χ3v) is 6.90. The van der Waals surface area contributed by atoms with Gasteiger partial charge in [0.25, 0.3) is 5.56 Å². The summed E-state index contributed by atoms with van der Waals surface area (Å²) in [4.78, 5) is 12.9. The second-order valence-electron chi connectivity index (χ2n) is 8.05. The summed E-state index contributed by atoms with van der Waals surface area (Å²) in [6.07, 6.45) is 10.6. The molecule has 0 radical (unpaired) electrons. The molecule has 0 bridgehead atoms. The number of fused-ring (bicyclic) bond motifs is 1. The molecule has 1 saturated carbocycles. The molecule has 0 aromatic carbocycles. The Morgan fingerprint density at radius 3 is 2.58 bits per heavy atom. The second-order valence-corrected chi connectivity index (χ2v) is 8.69. The van der Waals surface area contributed by atoms with Crippen LogP contribution in [0.1, 0.15) is 68.3 Å². The maximum Gasteiger partial charge on any atom is 0.254 e. The van der Waals surface area contributed by atoms with Crippen molar-refractivity contribution in [3.63, 3.8) is 0 Å². The van der Waals surface area contributed by atoms with Crippen LogP contribution in [0.2, 0.25) is 0 Å². The van der Waals surface area contributed by atoms with Crippen molar-refractivity contribution in [1.29, 1.82) is 0 Å². The van der Waals surface area contributed by atoms with E-state index in [1.165, 1.54) is 43.4 Å². The highest BCUT2D eigenvalue weighted by Crippen LogP contribution is 2.31. The molecular formula is C21H34N2O2S. The van der Waals surface area contributed by atoms with Gasteiger partial charge in [-0.1, -0.05) is 25.3 Å². The zero-order valence-electron chi connectivity index (χ0n) is 16.7. The van der Waals surface area contributed by atoms with Crippen LogP contribution >= 0.6 is 11.9 Å². The quantitative estimate of drug-likeness (QED) is 0.755. The van der Waals surface area contributed by atoms with E-state index >= 15 is 0 Å². The molecule has 26 heavy (non-hydrogen) atoms. The molecule has 1 aliphatic carbocycles. The molecule has 3 rings (SSSR count). The van der Waals surface area contributed by atoms with Gasteiger partial charge in [0.05, 0.1) is 18.8 Å². The maximum absolute atomic E-state index is 12.9. The topological polar surface area (TPSA) is 43.3 Å². The van der Waals surface area contributed by atoms with Crippen molar-refractivity contribution >= 4 is 11.9 Å². The molecule has 0 saturated heterocycles. The van der Waals surface area contributed by atoms with Crippen LogP contribution in [0.4, 0.5) is 0 Å². The Kier molecular flexibility index (Phi) is 6.87. The molecular weight excluding hydrogens is 344 g/mol. The van der Waals surface area contributed by atoms with Gasteiger partial charge in [0.15, 0.2) is 0 Å². The van der Waals surface area contributed by atoms with Crippen molar-refractivity contribution in [3.05, 3.63) is 33.2 Å². The van der Waals surface area contributed by atoms with Crippen molar-refractivity contribution < 1.29 is 4.74 Å². The molecule has 1 N–H and O–H groups in total. The van der Waals surface area contributed by atoms with Gasteiger partial charge in [-0.3, -0.25) is 9.52 Å². The fraction of sp³-hybridized carbons (Fsp3) is 0.762. The van der Waals surface area contributed by atoms with Crippen molar-refractivity contribution in [1.82, 2.24) is 9.29 Å². The summed E-state index contributed by atoms with van der Waals surface area (Å²) in [6.45, 7) is 6.98. The number of aryl methyl sites for hydroxylation is 2. The van der Waals surface area contributed by atoms with E-state index in [4.69, 9.17) is 4.74 Å². The van der Waals surface area contributed by atoms with E-state index < -0.39 is 0 Å². The van der Waals surface area contributed by atoms with Gasteiger partial charge in [-0.2, -0.15) is 0 Å². The van der Waals surface area contributed by atoms with E-state index in [1.807, 2.05) is 17.6 Å². The van der Waals surface area contributed by atoms with Gasteiger partial charge in [-0.15, -0.1) is 0 Å². The Hall–Kier alpha value is -0.780. The summed E-state index contributed by atoms with van der Waals surface area (Å²) in [7, 11) is 0. The Bertz CT molecular complexity index is 665. The highest BCUT2D eigenvalue weighted by atomic mass is 32.2. The molecule has 2 unspecified atom stereocenters. The van der Waals surface area contributed by atoms with Crippen molar-refractivity contribution in [2.24, 2.45) is 5.92 Å². The molecule has 2 heterocycles. The van der Waals surface area contributed by atoms with Gasteiger partial charge in [-0.25, -0.2) is 0 Å². The molecule has 146 valence electrons. The normalized spacial score (nSPS) is 28.8. The number of nitrogens with zero attached hydrogens (tertiary/aromatic N) is 1. The predicted molar refractivity (Wildman–Crippen MR) is 110 cm³/mol. The minimum absolute atomic E-state index is 0.0844. The number of nitrogens with one attached hydrogen (secondary N) is 1. The van der Waals surface area contributed by atoms with Crippen LogP contribution in [0.15, 0.2) is 10.9 Å². The van der Waals surface area contributed by atoms with Crippen LogP contribution in [-0.4, -0.2) is 29.6 Å². The highest BCUT2D eigenvalue weighted by Gasteiger charge is 2.32. The lowest BCUT2D eigenvalue weighted by Gasteiger charge is -2.37. The Balaban J connectivity index is 1.78. The first kappa shape index (κ1) is 20.0. The molecule has 1 aromatic heterocycles. The van der Waals surface area contributed by atoms with E-state index in [2.05, 4.69) is 24.8 Å². The predicted octanol–water partition coefficient (Wildman–Crippen LogP) is 4.17. The van der Waals surface area contributed by atoms with Crippen LogP contribution in [-0.2, 0) is 11.2 Å². The zero-order chi connectivity index (χ0) is 18.7. The van der Waals surface area contributed by atoms with E-state index in [1.54, 1.807) is 11.9 Å². The molecule has 0 amide bonds. The van der Waals surface area contributed by atoms with Crippen LogP contribution in [0.5, 0.6) is 0 Å². The minimum atomic E-state index is 0.0844. The number of aromatic nitrogens is 1. The largest absolute Gasteiger partial charge is 0.376 e. The van der Waals surface area contributed by atoms with E-state index in [0.29, 0.717) is 12.7 Å². The van der Waals surface area contributed by atoms with E-state index in [-0.39, 0.29) is 17.6 Å². The SMILES string of the molecule is CCC1CCC(OCC2C(NSC)CCc3c(C)cc(C)c(=O)n32)CC1. The maximum atomic E-state index is 12.9. The first-order valence-electron chi connectivity index (χ1n) is 10.2. The minimum Gasteiger partial charge on any atom is -0.376 e. The number of hydrogen-bond acceptors (Lipinski definition) is 4. The molecule has 2 aliphatic rings. The number of ether oxygens (including phenoxy) is 1. The molecule has 0 spiro atoms. The molecule has 1 aromatic rings. The van der Waals surface area contributed by atoms with Gasteiger partial charge in [-0.05, 0) is 76.2 Å².